The average molecular weight is 355 g/mol. The molecule has 1 N–H and O–H groups in total. The molecule has 0 unspecified atom stereocenters. The lowest BCUT2D eigenvalue weighted by Gasteiger charge is -2.10. The molecule has 0 aliphatic rings. The smallest absolute Gasteiger partial charge is 0.229 e. The fraction of sp³-hybridized carbons (Fsp3) is 0.136. The zero-order valence-electron chi connectivity index (χ0n) is 15.6. The van der Waals surface area contributed by atoms with Crippen LogP contribution in [0.3, 0.4) is 0 Å². The van der Waals surface area contributed by atoms with Crippen molar-refractivity contribution in [2.75, 3.05) is 5.32 Å². The molecule has 0 radical (unpaired) electrons. The number of nitrogens with one attached hydrogen (secondary N) is 1. The second-order valence-corrected chi connectivity index (χ2v) is 6.73. The summed E-state index contributed by atoms with van der Waals surface area (Å²) in [6.07, 6.45) is 5.46. The van der Waals surface area contributed by atoms with E-state index in [9.17, 15) is 0 Å². The van der Waals surface area contributed by atoms with Gasteiger partial charge in [0.25, 0.3) is 0 Å². The molecule has 2 heterocycles. The Morgan fingerprint density at radius 2 is 1.52 bits per heavy atom. The van der Waals surface area contributed by atoms with E-state index in [1.807, 2.05) is 16.8 Å². The Morgan fingerprint density at radius 1 is 0.778 bits per heavy atom. The first-order valence-corrected chi connectivity index (χ1v) is 8.87. The molecule has 0 spiro atoms. The van der Waals surface area contributed by atoms with Gasteiger partial charge in [-0.05, 0) is 50.1 Å². The number of hydrogen-bond donors (Lipinski definition) is 1. The molecule has 4 rings (SSSR count). The first kappa shape index (κ1) is 17.0. The lowest BCUT2D eigenvalue weighted by Crippen LogP contribution is -2.03. The maximum absolute atomic E-state index is 4.67. The maximum atomic E-state index is 4.67. The van der Waals surface area contributed by atoms with Gasteiger partial charge < -0.3 is 5.32 Å². The van der Waals surface area contributed by atoms with Gasteiger partial charge in [0.05, 0.1) is 0 Å². The molecule has 0 fully saturated rings. The monoisotopic (exact) mass is 355 g/mol. The number of rotatable bonds is 4. The van der Waals surface area contributed by atoms with Gasteiger partial charge >= 0.3 is 0 Å². The van der Waals surface area contributed by atoms with Crippen LogP contribution in [0.5, 0.6) is 0 Å². The molecule has 0 aliphatic heterocycles. The van der Waals surface area contributed by atoms with Crippen LogP contribution in [0, 0.1) is 20.8 Å². The minimum atomic E-state index is 0.557. The van der Waals surface area contributed by atoms with Crippen molar-refractivity contribution in [1.29, 1.82) is 0 Å². The van der Waals surface area contributed by atoms with Crippen molar-refractivity contribution < 1.29 is 0 Å². The fourth-order valence-electron chi connectivity index (χ4n) is 3.12. The number of imidazole rings is 1. The summed E-state index contributed by atoms with van der Waals surface area (Å²) in [6.45, 7) is 6.23. The van der Waals surface area contributed by atoms with Gasteiger partial charge in [-0.3, -0.25) is 4.57 Å². The first-order chi connectivity index (χ1) is 13.1. The van der Waals surface area contributed by atoms with E-state index in [0.717, 1.165) is 22.9 Å². The van der Waals surface area contributed by atoms with Gasteiger partial charge in [-0.15, -0.1) is 0 Å². The average Bonchev–Trinajstić information content (AvgIpc) is 3.11. The summed E-state index contributed by atoms with van der Waals surface area (Å²) in [5, 5.41) is 3.30. The van der Waals surface area contributed by atoms with Gasteiger partial charge in [0, 0.05) is 29.8 Å². The molecular formula is C22H21N5. The SMILES string of the molecule is Cc1ccc(-c2nccn2-c2ccnc(Nc3cc(C)cc(C)c3)n2)cc1. The molecule has 2 aromatic carbocycles. The van der Waals surface area contributed by atoms with Gasteiger partial charge in [-0.2, -0.15) is 4.98 Å². The van der Waals surface area contributed by atoms with Crippen molar-refractivity contribution in [3.05, 3.63) is 83.8 Å². The largest absolute Gasteiger partial charge is 0.324 e. The van der Waals surface area contributed by atoms with E-state index < -0.39 is 0 Å². The summed E-state index contributed by atoms with van der Waals surface area (Å²) < 4.78 is 1.97. The number of nitrogens with zero attached hydrogens (tertiary/aromatic N) is 4. The van der Waals surface area contributed by atoms with Crippen LogP contribution in [-0.2, 0) is 0 Å². The summed E-state index contributed by atoms with van der Waals surface area (Å²) in [5.74, 6) is 2.18. The zero-order valence-corrected chi connectivity index (χ0v) is 15.6. The topological polar surface area (TPSA) is 55.6 Å². The summed E-state index contributed by atoms with van der Waals surface area (Å²) in [4.78, 5) is 13.5. The van der Waals surface area contributed by atoms with Crippen LogP contribution in [0.25, 0.3) is 17.2 Å². The molecule has 0 saturated heterocycles. The normalized spacial score (nSPS) is 10.8. The van der Waals surface area contributed by atoms with E-state index in [-0.39, 0.29) is 0 Å². The van der Waals surface area contributed by atoms with Crippen LogP contribution in [0.15, 0.2) is 67.1 Å². The molecule has 2 aromatic heterocycles. The van der Waals surface area contributed by atoms with Crippen molar-refractivity contribution in [3.63, 3.8) is 0 Å². The van der Waals surface area contributed by atoms with Crippen molar-refractivity contribution in [2.45, 2.75) is 20.8 Å². The van der Waals surface area contributed by atoms with E-state index in [2.05, 4.69) is 83.5 Å². The predicted octanol–water partition coefficient (Wildman–Crippen LogP) is 5.00. The number of hydrogen-bond acceptors (Lipinski definition) is 4. The van der Waals surface area contributed by atoms with E-state index >= 15 is 0 Å². The van der Waals surface area contributed by atoms with E-state index in [4.69, 9.17) is 0 Å². The Kier molecular flexibility index (Phi) is 4.42. The second-order valence-electron chi connectivity index (χ2n) is 6.73. The highest BCUT2D eigenvalue weighted by Gasteiger charge is 2.10. The standard InChI is InChI=1S/C22H21N5/c1-15-4-6-18(7-5-15)21-23-10-11-27(21)20-8-9-24-22(26-20)25-19-13-16(2)12-17(3)14-19/h4-14H,1-3H3,(H,24,25,26). The third kappa shape index (κ3) is 3.72. The highest BCUT2D eigenvalue weighted by atomic mass is 15.2. The summed E-state index contributed by atoms with van der Waals surface area (Å²) in [5.41, 5.74) is 5.65. The Bertz CT molecular complexity index is 1060. The van der Waals surface area contributed by atoms with Crippen LogP contribution in [-0.4, -0.2) is 19.5 Å². The van der Waals surface area contributed by atoms with Crippen LogP contribution >= 0.6 is 0 Å². The van der Waals surface area contributed by atoms with Crippen molar-refractivity contribution in [3.8, 4) is 17.2 Å². The lowest BCUT2D eigenvalue weighted by molar-refractivity contribution is 0.983. The van der Waals surface area contributed by atoms with E-state index in [1.165, 1.54) is 16.7 Å². The quantitative estimate of drug-likeness (QED) is 0.560. The minimum Gasteiger partial charge on any atom is -0.324 e. The molecule has 0 bridgehead atoms. The number of benzene rings is 2. The Labute approximate surface area is 158 Å². The molecule has 0 saturated carbocycles. The minimum absolute atomic E-state index is 0.557. The third-order valence-electron chi connectivity index (χ3n) is 4.32. The lowest BCUT2D eigenvalue weighted by atomic mass is 10.1. The van der Waals surface area contributed by atoms with Crippen LogP contribution < -0.4 is 5.32 Å². The van der Waals surface area contributed by atoms with Crippen molar-refractivity contribution in [1.82, 2.24) is 19.5 Å². The molecule has 4 aromatic rings. The molecule has 5 heteroatoms. The van der Waals surface area contributed by atoms with Gasteiger partial charge in [-0.25, -0.2) is 9.97 Å². The Hall–Kier alpha value is -3.47. The van der Waals surface area contributed by atoms with E-state index in [0.29, 0.717) is 5.95 Å². The van der Waals surface area contributed by atoms with Crippen LogP contribution in [0.1, 0.15) is 16.7 Å². The Morgan fingerprint density at radius 3 is 2.26 bits per heavy atom. The molecule has 27 heavy (non-hydrogen) atoms. The second kappa shape index (κ2) is 7.03. The number of aryl methyl sites for hydroxylation is 3. The van der Waals surface area contributed by atoms with Crippen LogP contribution in [0.2, 0.25) is 0 Å². The van der Waals surface area contributed by atoms with Gasteiger partial charge in [0.15, 0.2) is 0 Å². The first-order valence-electron chi connectivity index (χ1n) is 8.87. The van der Waals surface area contributed by atoms with E-state index in [1.54, 1.807) is 12.4 Å². The maximum Gasteiger partial charge on any atom is 0.229 e. The molecule has 5 nitrogen and oxygen atoms in total. The van der Waals surface area contributed by atoms with Gasteiger partial charge in [0.2, 0.25) is 5.95 Å². The summed E-state index contributed by atoms with van der Waals surface area (Å²) >= 11 is 0. The predicted molar refractivity (Wildman–Crippen MR) is 109 cm³/mol. The molecule has 0 atom stereocenters. The number of anilines is 2. The molecule has 0 amide bonds. The number of aromatic nitrogens is 4. The van der Waals surface area contributed by atoms with Gasteiger partial charge in [-0.1, -0.05) is 35.9 Å². The van der Waals surface area contributed by atoms with Crippen molar-refractivity contribution in [2.24, 2.45) is 0 Å². The highest BCUT2D eigenvalue weighted by Crippen LogP contribution is 2.22. The summed E-state index contributed by atoms with van der Waals surface area (Å²) in [7, 11) is 0. The molecule has 0 aliphatic carbocycles. The molecular weight excluding hydrogens is 334 g/mol. The van der Waals surface area contributed by atoms with Crippen LogP contribution in [0.4, 0.5) is 11.6 Å². The third-order valence-corrected chi connectivity index (χ3v) is 4.32. The Balaban J connectivity index is 1.67. The van der Waals surface area contributed by atoms with Crippen molar-refractivity contribution >= 4 is 11.6 Å². The molecule has 134 valence electrons. The zero-order chi connectivity index (χ0) is 18.8. The summed E-state index contributed by atoms with van der Waals surface area (Å²) in [6, 6.07) is 16.5. The highest BCUT2D eigenvalue weighted by molar-refractivity contribution is 5.60. The van der Waals surface area contributed by atoms with Gasteiger partial charge in [0.1, 0.15) is 11.6 Å². The fourth-order valence-corrected chi connectivity index (χ4v) is 3.12.